The van der Waals surface area contributed by atoms with Gasteiger partial charge in [-0.1, -0.05) is 42.5 Å². The van der Waals surface area contributed by atoms with Gasteiger partial charge in [0.1, 0.15) is 29.3 Å². The molecule has 0 radical (unpaired) electrons. The largest absolute Gasteiger partial charge is 0.483 e. The Balaban J connectivity index is 1.61. The lowest BCUT2D eigenvalue weighted by Gasteiger charge is -2.42. The van der Waals surface area contributed by atoms with Gasteiger partial charge in [0.25, 0.3) is 11.8 Å². The average Bonchev–Trinajstić information content (AvgIpc) is 3.02. The highest BCUT2D eigenvalue weighted by molar-refractivity contribution is 6.04. The SMILES string of the molecule is C[C@H]1C=CC(=O)[C@@]2(C)CN1C(=O)c1c(OCc3ccccc3)c(=O)c(C(=O)NCc3ccc(F)cc3F)cn12. The van der Waals surface area contributed by atoms with E-state index in [4.69, 9.17) is 4.74 Å². The molecular weight excluding hydrogens is 508 g/mol. The first kappa shape index (κ1) is 26.0. The monoisotopic (exact) mass is 533 g/mol. The van der Waals surface area contributed by atoms with E-state index in [0.29, 0.717) is 6.07 Å². The Bertz CT molecular complexity index is 1580. The third kappa shape index (κ3) is 4.62. The van der Waals surface area contributed by atoms with Gasteiger partial charge in [-0.3, -0.25) is 19.2 Å². The van der Waals surface area contributed by atoms with E-state index < -0.39 is 40.5 Å². The normalized spacial score (nSPS) is 19.9. The molecule has 0 saturated heterocycles. The summed E-state index contributed by atoms with van der Waals surface area (Å²) in [6.07, 6.45) is 4.19. The molecule has 1 N–H and O–H groups in total. The van der Waals surface area contributed by atoms with Crippen LogP contribution in [0.25, 0.3) is 0 Å². The van der Waals surface area contributed by atoms with Crippen LogP contribution in [0.5, 0.6) is 5.75 Å². The van der Waals surface area contributed by atoms with E-state index >= 15 is 0 Å². The van der Waals surface area contributed by atoms with Crippen LogP contribution in [0.1, 0.15) is 45.8 Å². The van der Waals surface area contributed by atoms with E-state index in [-0.39, 0.29) is 48.0 Å². The van der Waals surface area contributed by atoms with Gasteiger partial charge in [-0.15, -0.1) is 0 Å². The van der Waals surface area contributed by atoms with E-state index in [2.05, 4.69) is 5.32 Å². The van der Waals surface area contributed by atoms with Crippen LogP contribution in [0, 0.1) is 11.6 Å². The summed E-state index contributed by atoms with van der Waals surface area (Å²) < 4.78 is 34.6. The zero-order valence-electron chi connectivity index (χ0n) is 21.2. The van der Waals surface area contributed by atoms with Crippen molar-refractivity contribution < 1.29 is 27.9 Å². The van der Waals surface area contributed by atoms with Crippen LogP contribution in [0.3, 0.4) is 0 Å². The van der Waals surface area contributed by atoms with Crippen molar-refractivity contribution in [3.05, 3.63) is 111 Å². The molecule has 2 aliphatic heterocycles. The highest BCUT2D eigenvalue weighted by Gasteiger charge is 2.48. The molecular formula is C29H25F2N3O5. The van der Waals surface area contributed by atoms with Crippen molar-refractivity contribution in [3.8, 4) is 5.75 Å². The number of pyridine rings is 1. The number of allylic oxidation sites excluding steroid dienone is 1. The highest BCUT2D eigenvalue weighted by atomic mass is 19.1. The number of hydrogen-bond donors (Lipinski definition) is 1. The lowest BCUT2D eigenvalue weighted by atomic mass is 9.91. The second-order valence-electron chi connectivity index (χ2n) is 9.78. The Morgan fingerprint density at radius 2 is 1.87 bits per heavy atom. The number of aromatic nitrogens is 1. The molecule has 3 heterocycles. The lowest BCUT2D eigenvalue weighted by molar-refractivity contribution is -0.123. The van der Waals surface area contributed by atoms with Crippen LogP contribution in [0.4, 0.5) is 8.78 Å². The van der Waals surface area contributed by atoms with E-state index in [0.717, 1.165) is 11.6 Å². The number of nitrogens with zero attached hydrogens (tertiary/aromatic N) is 2. The number of hydrogen-bond acceptors (Lipinski definition) is 5. The maximum absolute atomic E-state index is 14.1. The number of halogens is 2. The summed E-state index contributed by atoms with van der Waals surface area (Å²) in [6.45, 7) is 3.02. The summed E-state index contributed by atoms with van der Waals surface area (Å²) in [5, 5.41) is 2.47. The quantitative estimate of drug-likeness (QED) is 0.524. The summed E-state index contributed by atoms with van der Waals surface area (Å²) in [4.78, 5) is 55.3. The number of amides is 2. The Morgan fingerprint density at radius 1 is 1.13 bits per heavy atom. The van der Waals surface area contributed by atoms with Crippen LogP contribution in [-0.4, -0.2) is 39.7 Å². The first-order valence-corrected chi connectivity index (χ1v) is 12.3. The molecule has 2 bridgehead atoms. The maximum atomic E-state index is 14.1. The number of ether oxygens (including phenoxy) is 1. The minimum absolute atomic E-state index is 0.0132. The molecule has 0 aliphatic carbocycles. The third-order valence-corrected chi connectivity index (χ3v) is 7.11. The van der Waals surface area contributed by atoms with Crippen molar-refractivity contribution in [2.45, 2.75) is 38.6 Å². The Kier molecular flexibility index (Phi) is 6.63. The fourth-order valence-corrected chi connectivity index (χ4v) is 4.79. The van der Waals surface area contributed by atoms with Gasteiger partial charge in [0, 0.05) is 30.4 Å². The van der Waals surface area contributed by atoms with Gasteiger partial charge >= 0.3 is 0 Å². The topological polar surface area (TPSA) is 97.7 Å². The number of benzene rings is 2. The molecule has 2 aliphatic rings. The molecule has 1 aromatic heterocycles. The third-order valence-electron chi connectivity index (χ3n) is 7.11. The molecule has 0 saturated carbocycles. The molecule has 2 aromatic carbocycles. The number of carbonyl (C=O) groups excluding carboxylic acids is 3. The summed E-state index contributed by atoms with van der Waals surface area (Å²) in [5.74, 6) is -3.68. The Morgan fingerprint density at radius 3 is 2.59 bits per heavy atom. The van der Waals surface area contributed by atoms with Gasteiger partial charge in [-0.05, 0) is 31.6 Å². The molecule has 200 valence electrons. The van der Waals surface area contributed by atoms with Crippen molar-refractivity contribution >= 4 is 17.6 Å². The first-order valence-electron chi connectivity index (χ1n) is 12.3. The van der Waals surface area contributed by atoms with Crippen molar-refractivity contribution in [1.82, 2.24) is 14.8 Å². The molecule has 2 atom stereocenters. The van der Waals surface area contributed by atoms with E-state index in [1.54, 1.807) is 44.2 Å². The Hall–Kier alpha value is -4.60. The van der Waals surface area contributed by atoms with Crippen LogP contribution in [0.2, 0.25) is 0 Å². The fraction of sp³-hybridized carbons (Fsp3) is 0.241. The number of fused-ring (bicyclic) bond motifs is 4. The summed E-state index contributed by atoms with van der Waals surface area (Å²) in [5.41, 5.74) is -1.95. The van der Waals surface area contributed by atoms with Gasteiger partial charge in [0.15, 0.2) is 17.2 Å². The van der Waals surface area contributed by atoms with Crippen LogP contribution in [0.15, 0.2) is 71.7 Å². The standard InChI is InChI=1S/C29H25F2N3O5/c1-17-8-11-23(35)29(2)16-33(17)28(38)24-26(39-15-18-6-4-3-5-7-18)25(36)21(14-34(24)29)27(37)32-13-19-9-10-20(30)12-22(19)31/h3-12,14,17H,13,15-16H2,1-2H3,(H,32,37)/t17-,29+/m0/s1. The number of rotatable bonds is 6. The van der Waals surface area contributed by atoms with Crippen molar-refractivity contribution in [1.29, 1.82) is 0 Å². The molecule has 0 spiro atoms. The zero-order chi connectivity index (χ0) is 27.9. The molecule has 8 nitrogen and oxygen atoms in total. The molecule has 10 heteroatoms. The van der Waals surface area contributed by atoms with Crippen molar-refractivity contribution in [2.75, 3.05) is 6.54 Å². The second-order valence-corrected chi connectivity index (χ2v) is 9.78. The number of nitrogens with one attached hydrogen (secondary N) is 1. The number of ketones is 1. The minimum atomic E-state index is -1.32. The average molecular weight is 534 g/mol. The summed E-state index contributed by atoms with van der Waals surface area (Å²) in [7, 11) is 0. The van der Waals surface area contributed by atoms with Gasteiger partial charge < -0.3 is 19.5 Å². The maximum Gasteiger partial charge on any atom is 0.275 e. The van der Waals surface area contributed by atoms with Gasteiger partial charge in [-0.2, -0.15) is 0 Å². The zero-order valence-corrected chi connectivity index (χ0v) is 21.2. The summed E-state index contributed by atoms with van der Waals surface area (Å²) in [6, 6.07) is 11.5. The highest BCUT2D eigenvalue weighted by Crippen LogP contribution is 2.35. The van der Waals surface area contributed by atoms with Crippen LogP contribution < -0.4 is 15.5 Å². The molecule has 39 heavy (non-hydrogen) atoms. The smallest absolute Gasteiger partial charge is 0.275 e. The molecule has 5 rings (SSSR count). The van der Waals surface area contributed by atoms with E-state index in [1.807, 2.05) is 6.07 Å². The molecule has 0 fully saturated rings. The van der Waals surface area contributed by atoms with E-state index in [9.17, 15) is 28.0 Å². The predicted octanol–water partition coefficient (Wildman–Crippen LogP) is 3.33. The second kappa shape index (κ2) is 9.94. The van der Waals surface area contributed by atoms with Gasteiger partial charge in [-0.25, -0.2) is 8.78 Å². The molecule has 3 aromatic rings. The minimum Gasteiger partial charge on any atom is -0.483 e. The molecule has 0 unspecified atom stereocenters. The van der Waals surface area contributed by atoms with Crippen LogP contribution in [-0.2, 0) is 23.5 Å². The Labute approximate surface area is 222 Å². The molecule has 2 amide bonds. The number of carbonyl (C=O) groups is 3. The first-order chi connectivity index (χ1) is 18.6. The van der Waals surface area contributed by atoms with Gasteiger partial charge in [0.05, 0.1) is 6.54 Å². The lowest BCUT2D eigenvalue weighted by Crippen LogP contribution is -2.57. The predicted molar refractivity (Wildman–Crippen MR) is 137 cm³/mol. The fourth-order valence-electron chi connectivity index (χ4n) is 4.79. The van der Waals surface area contributed by atoms with Crippen LogP contribution >= 0.6 is 0 Å². The van der Waals surface area contributed by atoms with Crippen molar-refractivity contribution in [2.24, 2.45) is 0 Å². The van der Waals surface area contributed by atoms with E-state index in [1.165, 1.54) is 27.8 Å². The van der Waals surface area contributed by atoms with Gasteiger partial charge in [0.2, 0.25) is 5.43 Å². The van der Waals surface area contributed by atoms with Crippen molar-refractivity contribution in [3.63, 3.8) is 0 Å². The summed E-state index contributed by atoms with van der Waals surface area (Å²) >= 11 is 0.